The van der Waals surface area contributed by atoms with Crippen molar-refractivity contribution in [2.24, 2.45) is 0 Å². The minimum atomic E-state index is -4.73. The van der Waals surface area contributed by atoms with E-state index < -0.39 is 18.0 Å². The van der Waals surface area contributed by atoms with Crippen LogP contribution in [0, 0.1) is 0 Å². The number of alkyl halides is 3. The maximum Gasteiger partial charge on any atom is 0.420 e. The molecule has 0 aliphatic heterocycles. The third kappa shape index (κ3) is 2.53. The van der Waals surface area contributed by atoms with E-state index >= 15 is 0 Å². The van der Waals surface area contributed by atoms with Gasteiger partial charge < -0.3 is 5.11 Å². The Kier molecular flexibility index (Phi) is 2.72. The lowest BCUT2D eigenvalue weighted by Gasteiger charge is -2.12. The molecule has 0 saturated carbocycles. The number of rotatable bonds is 1. The van der Waals surface area contributed by atoms with Crippen LogP contribution in [0.4, 0.5) is 13.2 Å². The van der Waals surface area contributed by atoms with E-state index in [0.717, 1.165) is 12.1 Å². The largest absolute Gasteiger partial charge is 0.420 e. The van der Waals surface area contributed by atoms with Gasteiger partial charge in [-0.2, -0.15) is 18.3 Å². The summed E-state index contributed by atoms with van der Waals surface area (Å²) in [5, 5.41) is 14.9. The first-order chi connectivity index (χ1) is 5.91. The fraction of sp³-hybridized carbons (Fsp3) is 0.333. The van der Waals surface area contributed by atoms with Crippen LogP contribution in [-0.2, 0) is 0 Å². The molecule has 1 N–H and O–H groups in total. The number of aliphatic hydroxyl groups is 1. The Morgan fingerprint density at radius 3 is 2.31 bits per heavy atom. The van der Waals surface area contributed by atoms with Crippen LogP contribution in [0.3, 0.4) is 0 Å². The van der Waals surface area contributed by atoms with Gasteiger partial charge in [-0.3, -0.25) is 0 Å². The zero-order valence-corrected chi connectivity index (χ0v) is 6.84. The Morgan fingerprint density at radius 1 is 1.31 bits per heavy atom. The lowest BCUT2D eigenvalue weighted by atomic mass is 10.2. The predicted molar refractivity (Wildman–Crippen MR) is 38.1 cm³/mol. The predicted octanol–water partition coefficient (Wildman–Crippen LogP) is 1.73. The number of aliphatic hydroxyl groups excluding tert-OH is 1. The number of aromatic nitrogens is 2. The van der Waals surface area contributed by atoms with Crippen molar-refractivity contribution in [3.63, 3.8) is 0 Å². The van der Waals surface area contributed by atoms with Crippen molar-refractivity contribution in [2.75, 3.05) is 0 Å². The van der Waals surface area contributed by atoms with Gasteiger partial charge in [-0.1, -0.05) is 11.6 Å². The van der Waals surface area contributed by atoms with E-state index in [1.165, 1.54) is 0 Å². The van der Waals surface area contributed by atoms with Crippen molar-refractivity contribution in [1.29, 1.82) is 0 Å². The Hall–Kier alpha value is -0.880. The van der Waals surface area contributed by atoms with Crippen LogP contribution in [0.1, 0.15) is 11.8 Å². The molecule has 0 bridgehead atoms. The summed E-state index contributed by atoms with van der Waals surface area (Å²) in [6.45, 7) is 0. The van der Waals surface area contributed by atoms with Crippen molar-refractivity contribution in [3.8, 4) is 0 Å². The molecule has 1 rings (SSSR count). The van der Waals surface area contributed by atoms with Crippen LogP contribution in [0.25, 0.3) is 0 Å². The van der Waals surface area contributed by atoms with Crippen molar-refractivity contribution in [3.05, 3.63) is 23.0 Å². The summed E-state index contributed by atoms with van der Waals surface area (Å²) >= 11 is 5.29. The summed E-state index contributed by atoms with van der Waals surface area (Å²) in [5.41, 5.74) is -0.572. The Balaban J connectivity index is 2.90. The van der Waals surface area contributed by atoms with Crippen LogP contribution < -0.4 is 0 Å². The van der Waals surface area contributed by atoms with Gasteiger partial charge in [0.1, 0.15) is 5.69 Å². The molecule has 0 radical (unpaired) electrons. The molecule has 1 atom stereocenters. The van der Waals surface area contributed by atoms with Gasteiger partial charge in [0.15, 0.2) is 11.3 Å². The molecule has 0 spiro atoms. The van der Waals surface area contributed by atoms with Crippen LogP contribution in [0.5, 0.6) is 0 Å². The van der Waals surface area contributed by atoms with Crippen LogP contribution in [0.2, 0.25) is 5.15 Å². The van der Waals surface area contributed by atoms with Gasteiger partial charge in [0.05, 0.1) is 0 Å². The molecule has 13 heavy (non-hydrogen) atoms. The minimum absolute atomic E-state index is 0.0295. The van der Waals surface area contributed by atoms with E-state index in [2.05, 4.69) is 10.2 Å². The molecule has 0 aromatic carbocycles. The van der Waals surface area contributed by atoms with E-state index in [1.54, 1.807) is 0 Å². The van der Waals surface area contributed by atoms with Gasteiger partial charge in [-0.25, -0.2) is 0 Å². The van der Waals surface area contributed by atoms with E-state index in [0.29, 0.717) is 0 Å². The summed E-state index contributed by atoms with van der Waals surface area (Å²) in [7, 11) is 0. The zero-order chi connectivity index (χ0) is 10.1. The molecular formula is C6H4ClF3N2O. The normalized spacial score (nSPS) is 14.2. The number of halogens is 4. The van der Waals surface area contributed by atoms with Gasteiger partial charge in [0.25, 0.3) is 0 Å². The molecule has 1 unspecified atom stereocenters. The lowest BCUT2D eigenvalue weighted by Crippen LogP contribution is -2.21. The fourth-order valence-electron chi connectivity index (χ4n) is 0.640. The SMILES string of the molecule is OC(c1ccc(Cl)nn1)C(F)(F)F. The maximum atomic E-state index is 11.9. The number of hydrogen-bond acceptors (Lipinski definition) is 3. The summed E-state index contributed by atoms with van der Waals surface area (Å²) < 4.78 is 35.7. The minimum Gasteiger partial charge on any atom is -0.378 e. The molecule has 3 nitrogen and oxygen atoms in total. The number of hydrogen-bond donors (Lipinski definition) is 1. The van der Waals surface area contributed by atoms with Crippen LogP contribution in [-0.4, -0.2) is 21.5 Å². The Morgan fingerprint density at radius 2 is 1.92 bits per heavy atom. The van der Waals surface area contributed by atoms with Gasteiger partial charge >= 0.3 is 6.18 Å². The van der Waals surface area contributed by atoms with Gasteiger partial charge in [0.2, 0.25) is 0 Å². The molecule has 0 aliphatic rings. The molecule has 0 amide bonds. The van der Waals surface area contributed by atoms with E-state index in [4.69, 9.17) is 16.7 Å². The van der Waals surface area contributed by atoms with E-state index in [-0.39, 0.29) is 5.15 Å². The molecule has 1 heterocycles. The quantitative estimate of drug-likeness (QED) is 0.771. The van der Waals surface area contributed by atoms with Crippen molar-refractivity contribution >= 4 is 11.6 Å². The lowest BCUT2D eigenvalue weighted by molar-refractivity contribution is -0.208. The zero-order valence-electron chi connectivity index (χ0n) is 6.09. The first kappa shape index (κ1) is 10.2. The smallest absolute Gasteiger partial charge is 0.378 e. The highest BCUT2D eigenvalue weighted by molar-refractivity contribution is 6.29. The first-order valence-electron chi connectivity index (χ1n) is 3.15. The van der Waals surface area contributed by atoms with Crippen LogP contribution in [0.15, 0.2) is 12.1 Å². The van der Waals surface area contributed by atoms with Crippen molar-refractivity contribution in [1.82, 2.24) is 10.2 Å². The summed E-state index contributed by atoms with van der Waals surface area (Å²) in [6.07, 6.45) is -7.35. The number of nitrogens with zero attached hydrogens (tertiary/aromatic N) is 2. The van der Waals surface area contributed by atoms with Crippen LogP contribution >= 0.6 is 11.6 Å². The molecule has 1 aromatic rings. The molecule has 0 aliphatic carbocycles. The highest BCUT2D eigenvalue weighted by atomic mass is 35.5. The van der Waals surface area contributed by atoms with E-state index in [1.807, 2.05) is 0 Å². The summed E-state index contributed by atoms with van der Waals surface area (Å²) in [5.74, 6) is 0. The third-order valence-corrected chi connectivity index (χ3v) is 1.44. The second-order valence-electron chi connectivity index (χ2n) is 2.23. The molecule has 0 fully saturated rings. The molecule has 1 aromatic heterocycles. The Bertz CT molecular complexity index is 287. The van der Waals surface area contributed by atoms with E-state index in [9.17, 15) is 13.2 Å². The monoisotopic (exact) mass is 212 g/mol. The average molecular weight is 213 g/mol. The highest BCUT2D eigenvalue weighted by Gasteiger charge is 2.40. The first-order valence-corrected chi connectivity index (χ1v) is 3.53. The second kappa shape index (κ2) is 3.47. The van der Waals surface area contributed by atoms with Gasteiger partial charge in [0, 0.05) is 0 Å². The summed E-state index contributed by atoms with van der Waals surface area (Å²) in [4.78, 5) is 0. The fourth-order valence-corrected chi connectivity index (χ4v) is 0.741. The summed E-state index contributed by atoms with van der Waals surface area (Å²) in [6, 6.07) is 2.09. The second-order valence-corrected chi connectivity index (χ2v) is 2.61. The molecule has 0 saturated heterocycles. The van der Waals surface area contributed by atoms with Crippen molar-refractivity contribution < 1.29 is 18.3 Å². The maximum absolute atomic E-state index is 11.9. The topological polar surface area (TPSA) is 46.0 Å². The molecular weight excluding hydrogens is 209 g/mol. The third-order valence-electron chi connectivity index (χ3n) is 1.24. The molecule has 7 heteroatoms. The standard InChI is InChI=1S/C6H4ClF3N2O/c7-4-2-1-3(11-12-4)5(13)6(8,9)10/h1-2,5,13H. The molecule has 72 valence electrons. The highest BCUT2D eigenvalue weighted by Crippen LogP contribution is 2.30. The Labute approximate surface area is 76.2 Å². The van der Waals surface area contributed by atoms with Crippen molar-refractivity contribution in [2.45, 2.75) is 12.3 Å². The van der Waals surface area contributed by atoms with Gasteiger partial charge in [-0.05, 0) is 12.1 Å². The van der Waals surface area contributed by atoms with Gasteiger partial charge in [-0.15, -0.1) is 5.10 Å². The average Bonchev–Trinajstić information content (AvgIpc) is 2.03.